The molecular weight excluding hydrogens is 375 g/mol. The molecule has 0 bridgehead atoms. The van der Waals surface area contributed by atoms with Crippen molar-refractivity contribution in [3.05, 3.63) is 65.5 Å². The van der Waals surface area contributed by atoms with Crippen LogP contribution in [-0.4, -0.2) is 47.6 Å². The number of amides is 2. The Morgan fingerprint density at radius 3 is 2.55 bits per heavy atom. The molecule has 0 unspecified atom stereocenters. The molecule has 29 heavy (non-hydrogen) atoms. The van der Waals surface area contributed by atoms with E-state index in [1.54, 1.807) is 11.0 Å². The average Bonchev–Trinajstić information content (AvgIpc) is 3.03. The van der Waals surface area contributed by atoms with E-state index >= 15 is 0 Å². The Balaban J connectivity index is 1.42. The minimum absolute atomic E-state index is 0.0515. The van der Waals surface area contributed by atoms with E-state index in [0.717, 1.165) is 5.56 Å². The van der Waals surface area contributed by atoms with E-state index in [0.29, 0.717) is 38.9 Å². The zero-order valence-electron chi connectivity index (χ0n) is 16.3. The van der Waals surface area contributed by atoms with E-state index in [9.17, 15) is 14.0 Å². The van der Waals surface area contributed by atoms with Gasteiger partial charge in [0, 0.05) is 13.1 Å². The SMILES string of the molecule is COc1cccc(F)c1C(=O)N1CCC2(CC1)CC(=O)N(Cc1ccccc1)O2. The predicted octanol–water partition coefficient (Wildman–Crippen LogP) is 3.17. The number of carbonyl (C=O) groups excluding carboxylic acids is 2. The minimum Gasteiger partial charge on any atom is -0.496 e. The number of carbonyl (C=O) groups is 2. The second-order valence-electron chi connectivity index (χ2n) is 7.48. The van der Waals surface area contributed by atoms with Crippen LogP contribution in [0, 0.1) is 5.82 Å². The maximum absolute atomic E-state index is 14.2. The number of hydrogen-bond acceptors (Lipinski definition) is 4. The summed E-state index contributed by atoms with van der Waals surface area (Å²) in [6, 6.07) is 14.0. The van der Waals surface area contributed by atoms with Crippen LogP contribution in [0.3, 0.4) is 0 Å². The lowest BCUT2D eigenvalue weighted by atomic mass is 9.88. The van der Waals surface area contributed by atoms with Crippen LogP contribution in [0.15, 0.2) is 48.5 Å². The molecule has 2 saturated heterocycles. The first-order valence-corrected chi connectivity index (χ1v) is 9.66. The van der Waals surface area contributed by atoms with E-state index in [-0.39, 0.29) is 17.2 Å². The van der Waals surface area contributed by atoms with Crippen LogP contribution in [0.4, 0.5) is 4.39 Å². The van der Waals surface area contributed by atoms with Gasteiger partial charge in [0.25, 0.3) is 5.91 Å². The van der Waals surface area contributed by atoms with Crippen molar-refractivity contribution in [3.63, 3.8) is 0 Å². The standard InChI is InChI=1S/C22H23FN2O4/c1-28-18-9-5-8-17(23)20(18)21(27)24-12-10-22(11-13-24)14-19(26)25(29-22)15-16-6-3-2-4-7-16/h2-9H,10-15H2,1H3. The number of methoxy groups -OCH3 is 1. The van der Waals surface area contributed by atoms with E-state index < -0.39 is 17.3 Å². The van der Waals surface area contributed by atoms with Gasteiger partial charge in [-0.3, -0.25) is 14.4 Å². The first kappa shape index (κ1) is 19.4. The summed E-state index contributed by atoms with van der Waals surface area (Å²) in [5, 5.41) is 1.42. The van der Waals surface area contributed by atoms with Crippen LogP contribution in [0.1, 0.15) is 35.2 Å². The molecule has 6 nitrogen and oxygen atoms in total. The zero-order valence-corrected chi connectivity index (χ0v) is 16.3. The zero-order chi connectivity index (χ0) is 20.4. The van der Waals surface area contributed by atoms with Gasteiger partial charge in [0.15, 0.2) is 0 Å². The van der Waals surface area contributed by atoms with Gasteiger partial charge < -0.3 is 9.64 Å². The van der Waals surface area contributed by atoms with Gasteiger partial charge in [-0.1, -0.05) is 36.4 Å². The van der Waals surface area contributed by atoms with Crippen molar-refractivity contribution in [2.24, 2.45) is 0 Å². The summed E-state index contributed by atoms with van der Waals surface area (Å²) in [6.45, 7) is 1.18. The number of nitrogens with zero attached hydrogens (tertiary/aromatic N) is 2. The number of benzene rings is 2. The maximum atomic E-state index is 14.2. The normalized spacial score (nSPS) is 18.3. The molecule has 2 amide bonds. The van der Waals surface area contributed by atoms with Gasteiger partial charge in [-0.05, 0) is 30.5 Å². The van der Waals surface area contributed by atoms with Crippen molar-refractivity contribution < 1.29 is 23.6 Å². The topological polar surface area (TPSA) is 59.1 Å². The van der Waals surface area contributed by atoms with Crippen molar-refractivity contribution in [2.75, 3.05) is 20.2 Å². The fraction of sp³-hybridized carbons (Fsp3) is 0.364. The summed E-state index contributed by atoms with van der Waals surface area (Å²) in [7, 11) is 1.41. The highest BCUT2D eigenvalue weighted by atomic mass is 19.1. The second-order valence-corrected chi connectivity index (χ2v) is 7.48. The third-order valence-electron chi connectivity index (χ3n) is 5.60. The van der Waals surface area contributed by atoms with Gasteiger partial charge in [0.1, 0.15) is 22.7 Å². The number of piperidine rings is 1. The first-order valence-electron chi connectivity index (χ1n) is 9.66. The minimum atomic E-state index is -0.601. The lowest BCUT2D eigenvalue weighted by Crippen LogP contribution is -2.47. The Morgan fingerprint density at radius 2 is 1.86 bits per heavy atom. The van der Waals surface area contributed by atoms with Crippen LogP contribution in [0.2, 0.25) is 0 Å². The van der Waals surface area contributed by atoms with Crippen molar-refractivity contribution >= 4 is 11.8 Å². The van der Waals surface area contributed by atoms with Crippen LogP contribution in [-0.2, 0) is 16.2 Å². The van der Waals surface area contributed by atoms with Crippen molar-refractivity contribution in [1.82, 2.24) is 9.96 Å². The molecule has 4 rings (SSSR count). The smallest absolute Gasteiger partial charge is 0.260 e. The van der Waals surface area contributed by atoms with Crippen LogP contribution in [0.25, 0.3) is 0 Å². The highest BCUT2D eigenvalue weighted by molar-refractivity contribution is 5.97. The van der Waals surface area contributed by atoms with Crippen molar-refractivity contribution in [3.8, 4) is 5.75 Å². The molecule has 2 aliphatic heterocycles. The largest absolute Gasteiger partial charge is 0.496 e. The van der Waals surface area contributed by atoms with Gasteiger partial charge in [0.2, 0.25) is 5.91 Å². The molecule has 0 radical (unpaired) electrons. The van der Waals surface area contributed by atoms with Crippen molar-refractivity contribution in [2.45, 2.75) is 31.4 Å². The molecule has 0 saturated carbocycles. The Hall–Kier alpha value is -2.93. The number of hydrogen-bond donors (Lipinski definition) is 0. The van der Waals surface area contributed by atoms with Gasteiger partial charge >= 0.3 is 0 Å². The summed E-state index contributed by atoms with van der Waals surface area (Å²) in [5.74, 6) is -0.836. The lowest BCUT2D eigenvalue weighted by molar-refractivity contribution is -0.213. The quantitative estimate of drug-likeness (QED) is 0.794. The highest BCUT2D eigenvalue weighted by Gasteiger charge is 2.47. The third-order valence-corrected chi connectivity index (χ3v) is 5.60. The molecule has 0 aromatic heterocycles. The molecule has 0 aliphatic carbocycles. The molecule has 1 spiro atoms. The maximum Gasteiger partial charge on any atom is 0.260 e. The molecule has 2 aromatic carbocycles. The second kappa shape index (κ2) is 7.83. The third kappa shape index (κ3) is 3.82. The summed E-state index contributed by atoms with van der Waals surface area (Å²) in [4.78, 5) is 33.0. The van der Waals surface area contributed by atoms with Crippen LogP contribution in [0.5, 0.6) is 5.75 Å². The monoisotopic (exact) mass is 398 g/mol. The Morgan fingerprint density at radius 1 is 1.14 bits per heavy atom. The fourth-order valence-electron chi connectivity index (χ4n) is 3.98. The van der Waals surface area contributed by atoms with Gasteiger partial charge in [-0.15, -0.1) is 0 Å². The number of rotatable bonds is 4. The summed E-state index contributed by atoms with van der Waals surface area (Å²) >= 11 is 0. The molecule has 2 fully saturated rings. The number of ether oxygens (including phenoxy) is 1. The lowest BCUT2D eigenvalue weighted by Gasteiger charge is -2.38. The predicted molar refractivity (Wildman–Crippen MR) is 104 cm³/mol. The molecular formula is C22H23FN2O4. The Labute approximate surface area is 168 Å². The molecule has 152 valence electrons. The summed E-state index contributed by atoms with van der Waals surface area (Å²) in [5.41, 5.74) is 0.347. The average molecular weight is 398 g/mol. The van der Waals surface area contributed by atoms with Gasteiger partial charge in [0.05, 0.1) is 20.1 Å². The van der Waals surface area contributed by atoms with Crippen LogP contribution >= 0.6 is 0 Å². The summed E-state index contributed by atoms with van der Waals surface area (Å²) in [6.07, 6.45) is 1.34. The molecule has 2 heterocycles. The van der Waals surface area contributed by atoms with E-state index in [1.165, 1.54) is 24.3 Å². The first-order chi connectivity index (χ1) is 14.0. The van der Waals surface area contributed by atoms with Crippen molar-refractivity contribution in [1.29, 1.82) is 0 Å². The number of halogens is 1. The Kier molecular flexibility index (Phi) is 5.24. The van der Waals surface area contributed by atoms with Crippen LogP contribution < -0.4 is 4.74 Å². The summed E-state index contributed by atoms with van der Waals surface area (Å²) < 4.78 is 19.4. The molecule has 0 N–H and O–H groups in total. The van der Waals surface area contributed by atoms with E-state index in [2.05, 4.69) is 0 Å². The molecule has 2 aliphatic rings. The van der Waals surface area contributed by atoms with Gasteiger partial charge in [-0.25, -0.2) is 9.45 Å². The van der Waals surface area contributed by atoms with E-state index in [1.807, 2.05) is 30.3 Å². The Bertz CT molecular complexity index is 910. The fourth-order valence-corrected chi connectivity index (χ4v) is 3.98. The molecule has 2 aromatic rings. The molecule has 0 atom stereocenters. The van der Waals surface area contributed by atoms with Gasteiger partial charge in [-0.2, -0.15) is 0 Å². The highest BCUT2D eigenvalue weighted by Crippen LogP contribution is 2.38. The molecule has 7 heteroatoms. The number of likely N-dealkylation sites (tertiary alicyclic amines) is 1. The number of hydroxylamine groups is 2. The van der Waals surface area contributed by atoms with E-state index in [4.69, 9.17) is 9.57 Å².